The zero-order valence-corrected chi connectivity index (χ0v) is 23.5. The first-order chi connectivity index (χ1) is 15.9. The van der Waals surface area contributed by atoms with Crippen LogP contribution >= 0.6 is 0 Å². The molecule has 4 rings (SSSR count). The van der Waals surface area contributed by atoms with Crippen molar-refractivity contribution < 1.29 is 38.8 Å². The van der Waals surface area contributed by atoms with Gasteiger partial charge in [0.15, 0.2) is 25.8 Å². The summed E-state index contributed by atoms with van der Waals surface area (Å²) in [6.07, 6.45) is -4.38. The Hall–Kier alpha value is -1.26. The van der Waals surface area contributed by atoms with Crippen LogP contribution in [0.2, 0.25) is 19.6 Å². The average Bonchev–Trinajstić information content (AvgIpc) is 3.05. The summed E-state index contributed by atoms with van der Waals surface area (Å²) in [6, 6.07) is 0. The number of carbonyl (C=O) groups is 2. The quantitative estimate of drug-likeness (QED) is 0.300. The maximum atomic E-state index is 14.3. The molecule has 198 valence electrons. The van der Waals surface area contributed by atoms with E-state index in [1.165, 1.54) is 0 Å². The number of fused-ring (bicyclic) bond motifs is 3. The molecule has 3 fully saturated rings. The summed E-state index contributed by atoms with van der Waals surface area (Å²) >= 11 is 0. The molecular formula is C26H42O8Si. The van der Waals surface area contributed by atoms with Gasteiger partial charge in [-0.05, 0) is 56.5 Å². The van der Waals surface area contributed by atoms with Gasteiger partial charge in [0.2, 0.25) is 0 Å². The van der Waals surface area contributed by atoms with Crippen LogP contribution in [0.15, 0.2) is 11.1 Å². The van der Waals surface area contributed by atoms with Gasteiger partial charge >= 0.3 is 6.16 Å². The summed E-state index contributed by atoms with van der Waals surface area (Å²) < 4.78 is 18.5. The molecule has 3 N–H and O–H groups in total. The Labute approximate surface area is 209 Å². The van der Waals surface area contributed by atoms with Crippen molar-refractivity contribution in [3.8, 4) is 0 Å². The maximum absolute atomic E-state index is 14.3. The smallest absolute Gasteiger partial charge is 0.426 e. The van der Waals surface area contributed by atoms with E-state index in [9.17, 15) is 24.9 Å². The molecule has 2 saturated carbocycles. The molecule has 0 unspecified atom stereocenters. The Morgan fingerprint density at radius 1 is 1.14 bits per heavy atom. The van der Waals surface area contributed by atoms with Crippen molar-refractivity contribution in [3.05, 3.63) is 11.1 Å². The summed E-state index contributed by atoms with van der Waals surface area (Å²) in [4.78, 5) is 27.2. The Bertz CT molecular complexity index is 969. The van der Waals surface area contributed by atoms with Crippen LogP contribution in [0, 0.1) is 22.7 Å². The van der Waals surface area contributed by atoms with Crippen LogP contribution < -0.4 is 0 Å². The highest BCUT2D eigenvalue weighted by Gasteiger charge is 2.76. The molecule has 9 atom stereocenters. The van der Waals surface area contributed by atoms with E-state index in [4.69, 9.17) is 13.9 Å². The van der Waals surface area contributed by atoms with Gasteiger partial charge in [0.05, 0.1) is 17.8 Å². The lowest BCUT2D eigenvalue weighted by Gasteiger charge is -2.63. The third kappa shape index (κ3) is 3.37. The van der Waals surface area contributed by atoms with Crippen molar-refractivity contribution >= 4 is 20.3 Å². The topological polar surface area (TPSA) is 123 Å². The van der Waals surface area contributed by atoms with Crippen LogP contribution in [0.3, 0.4) is 0 Å². The number of aliphatic hydroxyl groups is 3. The average molecular weight is 511 g/mol. The molecule has 3 aliphatic carbocycles. The minimum Gasteiger partial charge on any atom is -0.426 e. The number of Topliss-reactive ketones (excluding diaryl/α,β-unsaturated/α-hetero) is 1. The van der Waals surface area contributed by atoms with Crippen molar-refractivity contribution in [2.24, 2.45) is 22.7 Å². The first-order valence-electron chi connectivity index (χ1n) is 12.8. The number of rotatable bonds is 3. The number of hydrogen-bond donors (Lipinski definition) is 3. The molecule has 8 nitrogen and oxygen atoms in total. The second-order valence-corrected chi connectivity index (χ2v) is 17.4. The van der Waals surface area contributed by atoms with Crippen LogP contribution in [-0.2, 0) is 18.7 Å². The van der Waals surface area contributed by atoms with Gasteiger partial charge in [0.1, 0.15) is 6.10 Å². The minimum absolute atomic E-state index is 0.144. The highest BCUT2D eigenvalue weighted by atomic mass is 28.4. The second kappa shape index (κ2) is 7.87. The fraction of sp³-hybridized carbons (Fsp3) is 0.846. The van der Waals surface area contributed by atoms with E-state index in [0.29, 0.717) is 5.57 Å². The lowest BCUT2D eigenvalue weighted by Crippen LogP contribution is -2.74. The van der Waals surface area contributed by atoms with E-state index in [-0.39, 0.29) is 25.2 Å². The summed E-state index contributed by atoms with van der Waals surface area (Å²) in [7, 11) is -2.09. The zero-order valence-electron chi connectivity index (χ0n) is 22.5. The zero-order chi connectivity index (χ0) is 26.5. The molecule has 9 heteroatoms. The Morgan fingerprint density at radius 2 is 1.74 bits per heavy atom. The van der Waals surface area contributed by atoms with E-state index in [1.807, 2.05) is 27.7 Å². The van der Waals surface area contributed by atoms with E-state index in [0.717, 1.165) is 5.57 Å². The fourth-order valence-electron chi connectivity index (χ4n) is 7.77. The molecule has 0 radical (unpaired) electrons. The van der Waals surface area contributed by atoms with Crippen molar-refractivity contribution in [2.75, 3.05) is 0 Å². The standard InChI is InChI=1S/C26H42O8Si/c1-10-25(31)16(27)11-13(2)24(6)19(25)21-26(33-22(30)32-21)12-15(34-35(7,8)9)14(3)17(23(26,4)5)18(28)20(24)29/h13,15-16,18-19,21,27-28,31H,10-12H2,1-9H3/t13-,15-,16+,18+,19-,21-,24+,25-,26+/m0/s1. The third-order valence-electron chi connectivity index (χ3n) is 9.86. The molecule has 0 aromatic rings. The summed E-state index contributed by atoms with van der Waals surface area (Å²) in [5.41, 5.74) is -4.02. The van der Waals surface area contributed by atoms with Gasteiger partial charge in [0, 0.05) is 23.2 Å². The van der Waals surface area contributed by atoms with Crippen LogP contribution in [0.5, 0.6) is 0 Å². The Morgan fingerprint density at radius 3 is 2.29 bits per heavy atom. The van der Waals surface area contributed by atoms with Gasteiger partial charge < -0.3 is 29.2 Å². The molecular weight excluding hydrogens is 468 g/mol. The number of aliphatic hydroxyl groups excluding tert-OH is 2. The molecule has 0 aromatic heterocycles. The molecule has 4 aliphatic rings. The molecule has 1 aliphatic heterocycles. The summed E-state index contributed by atoms with van der Waals surface area (Å²) in [5.74, 6) is -1.80. The van der Waals surface area contributed by atoms with Crippen molar-refractivity contribution in [1.29, 1.82) is 0 Å². The van der Waals surface area contributed by atoms with Crippen molar-refractivity contribution in [2.45, 2.75) is 116 Å². The van der Waals surface area contributed by atoms with Crippen LogP contribution in [0.1, 0.15) is 60.8 Å². The molecule has 0 aromatic carbocycles. The van der Waals surface area contributed by atoms with Gasteiger partial charge in [-0.2, -0.15) is 0 Å². The van der Waals surface area contributed by atoms with Gasteiger partial charge in [-0.3, -0.25) is 4.79 Å². The van der Waals surface area contributed by atoms with Gasteiger partial charge in [-0.15, -0.1) is 0 Å². The monoisotopic (exact) mass is 510 g/mol. The van der Waals surface area contributed by atoms with E-state index in [2.05, 4.69) is 19.6 Å². The highest BCUT2D eigenvalue weighted by molar-refractivity contribution is 6.69. The summed E-state index contributed by atoms with van der Waals surface area (Å²) in [6.45, 7) is 17.1. The predicted molar refractivity (Wildman–Crippen MR) is 131 cm³/mol. The normalized spacial score (nSPS) is 47.3. The lowest BCUT2D eigenvalue weighted by molar-refractivity contribution is -0.246. The SMILES string of the molecule is CC[C@]1(O)[C@H](O)C[C@H](C)[C@@]2(C)C(=O)[C@H](O)C3=C(C)[C@@H](O[Si](C)(C)C)C[C@]4(OC(=O)O[C@H]4[C@H]12)C3(C)C. The van der Waals surface area contributed by atoms with E-state index < -0.39 is 72.6 Å². The first-order valence-corrected chi connectivity index (χ1v) is 16.2. The number of hydrogen-bond acceptors (Lipinski definition) is 8. The van der Waals surface area contributed by atoms with Gasteiger partial charge in [-0.1, -0.05) is 34.6 Å². The highest BCUT2D eigenvalue weighted by Crippen LogP contribution is 2.65. The second-order valence-electron chi connectivity index (χ2n) is 12.9. The fourth-order valence-corrected chi connectivity index (χ4v) is 8.88. The molecule has 1 heterocycles. The minimum atomic E-state index is -2.09. The van der Waals surface area contributed by atoms with Gasteiger partial charge in [0.25, 0.3) is 0 Å². The lowest BCUT2D eigenvalue weighted by atomic mass is 9.44. The number of ether oxygens (including phenoxy) is 2. The molecule has 0 amide bonds. The van der Waals surface area contributed by atoms with E-state index in [1.54, 1.807) is 13.8 Å². The molecule has 35 heavy (non-hydrogen) atoms. The van der Waals surface area contributed by atoms with E-state index >= 15 is 0 Å². The molecule has 1 spiro atoms. The molecule has 1 saturated heterocycles. The largest absolute Gasteiger partial charge is 0.509 e. The van der Waals surface area contributed by atoms with Crippen LogP contribution in [-0.4, -0.2) is 71.2 Å². The summed E-state index contributed by atoms with van der Waals surface area (Å²) in [5, 5.41) is 34.9. The third-order valence-corrected chi connectivity index (χ3v) is 10.8. The predicted octanol–water partition coefficient (Wildman–Crippen LogP) is 3.34. The van der Waals surface area contributed by atoms with Crippen molar-refractivity contribution in [3.63, 3.8) is 0 Å². The van der Waals surface area contributed by atoms with Gasteiger partial charge in [-0.25, -0.2) is 4.79 Å². The van der Waals surface area contributed by atoms with Crippen molar-refractivity contribution in [1.82, 2.24) is 0 Å². The number of carbonyl (C=O) groups excluding carboxylic acids is 2. The Balaban J connectivity index is 2.07. The molecule has 2 bridgehead atoms. The van der Waals surface area contributed by atoms with Crippen LogP contribution in [0.4, 0.5) is 4.79 Å². The van der Waals surface area contributed by atoms with Crippen LogP contribution in [0.25, 0.3) is 0 Å². The Kier molecular flexibility index (Phi) is 6.02. The number of ketones is 1. The first kappa shape index (κ1) is 26.8. The maximum Gasteiger partial charge on any atom is 0.509 e.